The predicted octanol–water partition coefficient (Wildman–Crippen LogP) is 3.50. The Labute approximate surface area is 213 Å². The molecule has 9 nitrogen and oxygen atoms in total. The number of H-pyrrole nitrogens is 1. The lowest BCUT2D eigenvalue weighted by molar-refractivity contribution is 0.0264. The molecular formula is C27H41N7O2. The molecule has 0 bridgehead atoms. The minimum absolute atomic E-state index is 0.0378. The number of benzene rings is 1. The molecule has 0 radical (unpaired) electrons. The molecule has 0 aliphatic carbocycles. The Morgan fingerprint density at radius 1 is 1.22 bits per heavy atom. The van der Waals surface area contributed by atoms with Crippen molar-refractivity contribution in [2.75, 3.05) is 39.4 Å². The third kappa shape index (κ3) is 5.68. The molecule has 9 heteroatoms. The Morgan fingerprint density at radius 2 is 1.97 bits per heavy atom. The van der Waals surface area contributed by atoms with Crippen molar-refractivity contribution in [2.45, 2.75) is 66.1 Å². The fourth-order valence-electron chi connectivity index (χ4n) is 5.02. The average molecular weight is 496 g/mol. The second-order valence-corrected chi connectivity index (χ2v) is 10.9. The fraction of sp³-hybridized carbons (Fsp3) is 0.630. The van der Waals surface area contributed by atoms with Gasteiger partial charge in [-0.15, -0.1) is 5.10 Å². The van der Waals surface area contributed by atoms with Crippen LogP contribution in [0, 0.1) is 12.8 Å². The number of rotatable bonds is 10. The van der Waals surface area contributed by atoms with Crippen molar-refractivity contribution in [3.05, 3.63) is 51.6 Å². The summed E-state index contributed by atoms with van der Waals surface area (Å²) in [6, 6.07) is 8.12. The minimum Gasteiger partial charge on any atom is -0.379 e. The van der Waals surface area contributed by atoms with E-state index in [0.717, 1.165) is 73.7 Å². The van der Waals surface area contributed by atoms with Gasteiger partial charge in [0.15, 0.2) is 5.82 Å². The monoisotopic (exact) mass is 495 g/mol. The summed E-state index contributed by atoms with van der Waals surface area (Å²) in [5, 5.41) is 14.1. The van der Waals surface area contributed by atoms with Gasteiger partial charge < -0.3 is 9.72 Å². The zero-order valence-electron chi connectivity index (χ0n) is 22.6. The van der Waals surface area contributed by atoms with Crippen LogP contribution in [0.4, 0.5) is 0 Å². The van der Waals surface area contributed by atoms with E-state index in [1.54, 1.807) is 0 Å². The predicted molar refractivity (Wildman–Crippen MR) is 142 cm³/mol. The van der Waals surface area contributed by atoms with E-state index in [1.807, 2.05) is 29.8 Å². The van der Waals surface area contributed by atoms with Crippen LogP contribution in [0.3, 0.4) is 0 Å². The first-order chi connectivity index (χ1) is 17.2. The maximum absolute atomic E-state index is 13.2. The molecule has 0 spiro atoms. The normalized spacial score (nSPS) is 16.3. The molecule has 1 N–H and O–H groups in total. The number of para-hydroxylation sites is 1. The molecule has 1 fully saturated rings. The van der Waals surface area contributed by atoms with E-state index in [2.05, 4.69) is 71.0 Å². The minimum atomic E-state index is -0.209. The molecule has 0 saturated carbocycles. The zero-order chi connectivity index (χ0) is 25.9. The largest absolute Gasteiger partial charge is 0.379 e. The van der Waals surface area contributed by atoms with E-state index in [9.17, 15) is 4.79 Å². The molecule has 36 heavy (non-hydrogen) atoms. The molecule has 0 unspecified atom stereocenters. The number of aryl methyl sites for hydroxylation is 1. The molecule has 3 heterocycles. The van der Waals surface area contributed by atoms with Crippen molar-refractivity contribution >= 4 is 10.9 Å². The van der Waals surface area contributed by atoms with Crippen molar-refractivity contribution in [1.29, 1.82) is 0 Å². The van der Waals surface area contributed by atoms with Gasteiger partial charge in [-0.05, 0) is 60.6 Å². The summed E-state index contributed by atoms with van der Waals surface area (Å²) in [6.07, 6.45) is 0.910. The summed E-state index contributed by atoms with van der Waals surface area (Å²) >= 11 is 0. The van der Waals surface area contributed by atoms with Crippen molar-refractivity contribution < 1.29 is 4.74 Å². The quantitative estimate of drug-likeness (QED) is 0.460. The summed E-state index contributed by atoms with van der Waals surface area (Å²) in [5.74, 6) is 1.10. The molecule has 2 aromatic heterocycles. The topological polar surface area (TPSA) is 92.2 Å². The van der Waals surface area contributed by atoms with Crippen LogP contribution in [0.1, 0.15) is 64.0 Å². The van der Waals surface area contributed by atoms with Crippen molar-refractivity contribution in [3.8, 4) is 0 Å². The van der Waals surface area contributed by atoms with E-state index < -0.39 is 0 Å². The highest BCUT2D eigenvalue weighted by atomic mass is 16.5. The molecule has 1 aromatic carbocycles. The molecule has 1 aliphatic heterocycles. The lowest BCUT2D eigenvalue weighted by atomic mass is 9.97. The SMILES string of the molecule is CCC(C)(C)n1nnnc1[C@H](C(C)C)N(CCN1CCOCC1)Cc1cc2cccc(C)c2[nH]c1=O. The molecule has 1 aliphatic rings. The Kier molecular flexibility index (Phi) is 8.22. The number of fused-ring (bicyclic) bond motifs is 1. The fourth-order valence-corrected chi connectivity index (χ4v) is 5.02. The van der Waals surface area contributed by atoms with Crippen LogP contribution in [-0.4, -0.2) is 74.4 Å². The van der Waals surface area contributed by atoms with Gasteiger partial charge in [-0.2, -0.15) is 0 Å². The van der Waals surface area contributed by atoms with Crippen LogP contribution in [0.2, 0.25) is 0 Å². The second kappa shape index (κ2) is 11.2. The van der Waals surface area contributed by atoms with E-state index >= 15 is 0 Å². The molecule has 4 rings (SSSR count). The Morgan fingerprint density at radius 3 is 2.67 bits per heavy atom. The van der Waals surface area contributed by atoms with E-state index in [0.29, 0.717) is 6.54 Å². The zero-order valence-corrected chi connectivity index (χ0v) is 22.6. The van der Waals surface area contributed by atoms with Crippen LogP contribution in [0.5, 0.6) is 0 Å². The number of ether oxygens (including phenoxy) is 1. The van der Waals surface area contributed by atoms with Gasteiger partial charge in [-0.1, -0.05) is 39.0 Å². The first kappa shape index (κ1) is 26.4. The third-order valence-corrected chi connectivity index (χ3v) is 7.57. The molecule has 196 valence electrons. The highest BCUT2D eigenvalue weighted by molar-refractivity contribution is 5.81. The van der Waals surface area contributed by atoms with Gasteiger partial charge in [-0.25, -0.2) is 4.68 Å². The number of nitrogens with zero attached hydrogens (tertiary/aromatic N) is 6. The molecule has 1 saturated heterocycles. The number of hydrogen-bond acceptors (Lipinski definition) is 7. The lowest BCUT2D eigenvalue weighted by Crippen LogP contribution is -2.44. The summed E-state index contributed by atoms with van der Waals surface area (Å²) < 4.78 is 7.53. The number of morpholine rings is 1. The van der Waals surface area contributed by atoms with Gasteiger partial charge in [0.2, 0.25) is 0 Å². The first-order valence-corrected chi connectivity index (χ1v) is 13.2. The first-order valence-electron chi connectivity index (χ1n) is 13.2. The van der Waals surface area contributed by atoms with Gasteiger partial charge in [0.1, 0.15) is 0 Å². The van der Waals surface area contributed by atoms with Gasteiger partial charge in [-0.3, -0.25) is 14.6 Å². The van der Waals surface area contributed by atoms with E-state index in [4.69, 9.17) is 4.74 Å². The highest BCUT2D eigenvalue weighted by Crippen LogP contribution is 2.32. The summed E-state index contributed by atoms with van der Waals surface area (Å²) in [6.45, 7) is 18.5. The lowest BCUT2D eigenvalue weighted by Gasteiger charge is -2.37. The van der Waals surface area contributed by atoms with Crippen LogP contribution in [0.15, 0.2) is 29.1 Å². The molecule has 3 aromatic rings. The second-order valence-electron chi connectivity index (χ2n) is 10.9. The molecule has 1 atom stereocenters. The number of aromatic amines is 1. The van der Waals surface area contributed by atoms with Gasteiger partial charge >= 0.3 is 0 Å². The maximum atomic E-state index is 13.2. The summed E-state index contributed by atoms with van der Waals surface area (Å²) in [4.78, 5) is 21.2. The Hall–Kier alpha value is -2.62. The van der Waals surface area contributed by atoms with Crippen LogP contribution >= 0.6 is 0 Å². The van der Waals surface area contributed by atoms with Crippen molar-refractivity contribution in [1.82, 2.24) is 35.0 Å². The van der Waals surface area contributed by atoms with Gasteiger partial charge in [0, 0.05) is 38.3 Å². The highest BCUT2D eigenvalue weighted by Gasteiger charge is 2.34. The van der Waals surface area contributed by atoms with Crippen molar-refractivity contribution in [2.24, 2.45) is 5.92 Å². The van der Waals surface area contributed by atoms with Crippen molar-refractivity contribution in [3.63, 3.8) is 0 Å². The summed E-state index contributed by atoms with van der Waals surface area (Å²) in [5.41, 5.74) is 2.49. The molecule has 0 amide bonds. The van der Waals surface area contributed by atoms with Crippen LogP contribution in [0.25, 0.3) is 10.9 Å². The number of hydrogen-bond donors (Lipinski definition) is 1. The van der Waals surface area contributed by atoms with Crippen LogP contribution < -0.4 is 5.56 Å². The Bertz CT molecular complexity index is 1210. The Balaban J connectivity index is 1.72. The smallest absolute Gasteiger partial charge is 0.252 e. The number of tetrazole rings is 1. The third-order valence-electron chi connectivity index (χ3n) is 7.57. The number of nitrogens with one attached hydrogen (secondary N) is 1. The molecular weight excluding hydrogens is 454 g/mol. The standard InChI is InChI=1S/C27H41N7O2/c1-7-27(5,6)34-25(29-30-31-34)24(19(2)3)33(12-11-32-13-15-36-16-14-32)18-22-17-21-10-8-9-20(4)23(21)28-26(22)35/h8-10,17,19,24H,7,11-16,18H2,1-6H3,(H,28,35)/t24-/m0/s1. The van der Waals surface area contributed by atoms with Gasteiger partial charge in [0.05, 0.1) is 30.3 Å². The van der Waals surface area contributed by atoms with E-state index in [-0.39, 0.29) is 23.1 Å². The maximum Gasteiger partial charge on any atom is 0.252 e. The van der Waals surface area contributed by atoms with E-state index in [1.165, 1.54) is 0 Å². The van der Waals surface area contributed by atoms with Crippen LogP contribution in [-0.2, 0) is 16.8 Å². The number of aromatic nitrogens is 5. The summed E-state index contributed by atoms with van der Waals surface area (Å²) in [7, 11) is 0. The number of pyridine rings is 1. The van der Waals surface area contributed by atoms with Gasteiger partial charge in [0.25, 0.3) is 5.56 Å². The average Bonchev–Trinajstić information content (AvgIpc) is 3.34.